The van der Waals surface area contributed by atoms with Crippen molar-refractivity contribution >= 4 is 21.7 Å². The first-order chi connectivity index (χ1) is 16.0. The van der Waals surface area contributed by atoms with Gasteiger partial charge in [-0.05, 0) is 61.6 Å². The SMILES string of the molecule is CCCCOc1ccc(S(=O)(=O)N2CCN(c3ccc(N4CCC(C)CC4)nn3)CC2)cc1. The van der Waals surface area contributed by atoms with Crippen molar-refractivity contribution < 1.29 is 13.2 Å². The fourth-order valence-corrected chi connectivity index (χ4v) is 5.66. The molecule has 1 aromatic carbocycles. The highest BCUT2D eigenvalue weighted by Gasteiger charge is 2.29. The van der Waals surface area contributed by atoms with E-state index in [4.69, 9.17) is 4.74 Å². The van der Waals surface area contributed by atoms with Crippen molar-refractivity contribution in [1.29, 1.82) is 0 Å². The molecule has 0 spiro atoms. The van der Waals surface area contributed by atoms with E-state index in [0.717, 1.165) is 43.5 Å². The van der Waals surface area contributed by atoms with E-state index >= 15 is 0 Å². The van der Waals surface area contributed by atoms with Crippen LogP contribution in [0.5, 0.6) is 5.75 Å². The number of anilines is 2. The van der Waals surface area contributed by atoms with Gasteiger partial charge in [0.2, 0.25) is 10.0 Å². The minimum absolute atomic E-state index is 0.304. The van der Waals surface area contributed by atoms with E-state index in [-0.39, 0.29) is 0 Å². The molecule has 4 rings (SSSR count). The minimum Gasteiger partial charge on any atom is -0.494 e. The van der Waals surface area contributed by atoms with Crippen molar-refractivity contribution in [3.63, 3.8) is 0 Å². The number of aromatic nitrogens is 2. The van der Waals surface area contributed by atoms with Crippen LogP contribution in [0.25, 0.3) is 0 Å². The van der Waals surface area contributed by atoms with Crippen LogP contribution in [0.1, 0.15) is 39.5 Å². The molecule has 1 aromatic heterocycles. The molecule has 0 radical (unpaired) electrons. The van der Waals surface area contributed by atoms with Gasteiger partial charge in [0.1, 0.15) is 5.75 Å². The molecule has 0 amide bonds. The third-order valence-corrected chi connectivity index (χ3v) is 8.45. The summed E-state index contributed by atoms with van der Waals surface area (Å²) in [6.45, 7) is 9.12. The molecule has 0 bridgehead atoms. The molecule has 2 fully saturated rings. The zero-order valence-corrected chi connectivity index (χ0v) is 20.5. The number of benzene rings is 1. The average molecular weight is 474 g/mol. The molecule has 0 atom stereocenters. The van der Waals surface area contributed by atoms with Crippen molar-refractivity contribution in [2.75, 3.05) is 55.7 Å². The van der Waals surface area contributed by atoms with Gasteiger partial charge in [0.15, 0.2) is 11.6 Å². The summed E-state index contributed by atoms with van der Waals surface area (Å²) in [5, 5.41) is 8.88. The first-order valence-corrected chi connectivity index (χ1v) is 13.5. The second-order valence-electron chi connectivity index (χ2n) is 8.98. The summed E-state index contributed by atoms with van der Waals surface area (Å²) < 4.78 is 33.3. The van der Waals surface area contributed by atoms with Crippen LogP contribution >= 0.6 is 0 Å². The van der Waals surface area contributed by atoms with Gasteiger partial charge in [-0.3, -0.25) is 0 Å². The lowest BCUT2D eigenvalue weighted by Gasteiger charge is -2.35. The number of sulfonamides is 1. The Labute approximate surface area is 197 Å². The topological polar surface area (TPSA) is 78.9 Å². The van der Waals surface area contributed by atoms with E-state index in [9.17, 15) is 8.42 Å². The quantitative estimate of drug-likeness (QED) is 0.544. The summed E-state index contributed by atoms with van der Waals surface area (Å²) >= 11 is 0. The number of nitrogens with zero attached hydrogens (tertiary/aromatic N) is 5. The highest BCUT2D eigenvalue weighted by Crippen LogP contribution is 2.24. The Kier molecular flexibility index (Phi) is 7.70. The summed E-state index contributed by atoms with van der Waals surface area (Å²) in [6, 6.07) is 10.8. The van der Waals surface area contributed by atoms with Crippen LogP contribution in [0.3, 0.4) is 0 Å². The van der Waals surface area contributed by atoms with Crippen molar-refractivity contribution in [3.8, 4) is 5.75 Å². The number of piperazine rings is 1. The molecule has 180 valence electrons. The molecule has 8 nitrogen and oxygen atoms in total. The lowest BCUT2D eigenvalue weighted by molar-refractivity contribution is 0.309. The number of unbranched alkanes of at least 4 members (excludes halogenated alkanes) is 1. The Bertz CT molecular complexity index is 982. The van der Waals surface area contributed by atoms with E-state index in [1.165, 1.54) is 12.8 Å². The summed E-state index contributed by atoms with van der Waals surface area (Å²) in [5.41, 5.74) is 0. The van der Waals surface area contributed by atoms with Crippen molar-refractivity contribution in [1.82, 2.24) is 14.5 Å². The second kappa shape index (κ2) is 10.7. The van der Waals surface area contributed by atoms with E-state index < -0.39 is 10.0 Å². The molecule has 3 heterocycles. The Morgan fingerprint density at radius 1 is 0.879 bits per heavy atom. The van der Waals surface area contributed by atoms with Crippen LogP contribution in [-0.2, 0) is 10.0 Å². The van der Waals surface area contributed by atoms with Crippen LogP contribution in [0.2, 0.25) is 0 Å². The number of hydrogen-bond donors (Lipinski definition) is 0. The molecule has 2 aromatic rings. The number of ether oxygens (including phenoxy) is 1. The third kappa shape index (κ3) is 5.76. The fourth-order valence-electron chi connectivity index (χ4n) is 4.24. The second-order valence-corrected chi connectivity index (χ2v) is 10.9. The molecule has 0 aliphatic carbocycles. The molecule has 9 heteroatoms. The Morgan fingerprint density at radius 3 is 2.00 bits per heavy atom. The molecule has 2 aliphatic heterocycles. The van der Waals surface area contributed by atoms with Gasteiger partial charge in [0.05, 0.1) is 11.5 Å². The van der Waals surface area contributed by atoms with Gasteiger partial charge in [-0.2, -0.15) is 4.31 Å². The standard InChI is InChI=1S/C24H35N5O3S/c1-3-4-19-32-21-5-7-22(8-6-21)33(30,31)29-17-15-28(16-18-29)24-10-9-23(25-26-24)27-13-11-20(2)12-14-27/h5-10,20H,3-4,11-19H2,1-2H3. The number of piperidine rings is 1. The Balaban J connectivity index is 1.32. The monoisotopic (exact) mass is 473 g/mol. The molecule has 0 N–H and O–H groups in total. The highest BCUT2D eigenvalue weighted by atomic mass is 32.2. The van der Waals surface area contributed by atoms with Gasteiger partial charge >= 0.3 is 0 Å². The maximum Gasteiger partial charge on any atom is 0.243 e. The molecule has 0 saturated carbocycles. The third-order valence-electron chi connectivity index (χ3n) is 6.53. The maximum atomic E-state index is 13.1. The van der Waals surface area contributed by atoms with Gasteiger partial charge in [-0.1, -0.05) is 20.3 Å². The van der Waals surface area contributed by atoms with Gasteiger partial charge in [0.25, 0.3) is 0 Å². The largest absolute Gasteiger partial charge is 0.494 e. The summed E-state index contributed by atoms with van der Waals surface area (Å²) in [6.07, 6.45) is 4.42. The van der Waals surface area contributed by atoms with E-state index in [1.54, 1.807) is 28.6 Å². The lowest BCUT2D eigenvalue weighted by Crippen LogP contribution is -2.49. The van der Waals surface area contributed by atoms with Crippen LogP contribution in [-0.4, -0.2) is 68.8 Å². The molecule has 33 heavy (non-hydrogen) atoms. The summed E-state index contributed by atoms with van der Waals surface area (Å²) in [4.78, 5) is 4.70. The van der Waals surface area contributed by atoms with E-state index in [0.29, 0.717) is 43.4 Å². The number of hydrogen-bond acceptors (Lipinski definition) is 7. The number of rotatable bonds is 8. The Hall–Kier alpha value is -2.39. The predicted octanol–water partition coefficient (Wildman–Crippen LogP) is 3.40. The van der Waals surface area contributed by atoms with Gasteiger partial charge in [-0.15, -0.1) is 10.2 Å². The normalized spacial score (nSPS) is 18.5. The highest BCUT2D eigenvalue weighted by molar-refractivity contribution is 7.89. The van der Waals surface area contributed by atoms with Gasteiger partial charge in [0, 0.05) is 39.3 Å². The molecular weight excluding hydrogens is 438 g/mol. The van der Waals surface area contributed by atoms with Crippen molar-refractivity contribution in [2.24, 2.45) is 5.92 Å². The first kappa shape index (κ1) is 23.8. The van der Waals surface area contributed by atoms with Crippen LogP contribution in [0, 0.1) is 5.92 Å². The van der Waals surface area contributed by atoms with Crippen LogP contribution < -0.4 is 14.5 Å². The van der Waals surface area contributed by atoms with Gasteiger partial charge in [-0.25, -0.2) is 8.42 Å². The minimum atomic E-state index is -3.53. The summed E-state index contributed by atoms with van der Waals surface area (Å²) in [5.74, 6) is 3.20. The average Bonchev–Trinajstić information content (AvgIpc) is 2.85. The lowest BCUT2D eigenvalue weighted by atomic mass is 9.99. The Morgan fingerprint density at radius 2 is 1.45 bits per heavy atom. The molecule has 2 saturated heterocycles. The fraction of sp³-hybridized carbons (Fsp3) is 0.583. The smallest absolute Gasteiger partial charge is 0.243 e. The first-order valence-electron chi connectivity index (χ1n) is 12.0. The summed E-state index contributed by atoms with van der Waals surface area (Å²) in [7, 11) is -3.53. The molecule has 2 aliphatic rings. The molecular formula is C24H35N5O3S. The zero-order valence-electron chi connectivity index (χ0n) is 19.7. The van der Waals surface area contributed by atoms with Crippen LogP contribution in [0.4, 0.5) is 11.6 Å². The van der Waals surface area contributed by atoms with E-state index in [2.05, 4.69) is 33.8 Å². The van der Waals surface area contributed by atoms with Gasteiger partial charge < -0.3 is 14.5 Å². The molecule has 0 unspecified atom stereocenters. The van der Waals surface area contributed by atoms with Crippen molar-refractivity contribution in [2.45, 2.75) is 44.4 Å². The predicted molar refractivity (Wildman–Crippen MR) is 130 cm³/mol. The van der Waals surface area contributed by atoms with Crippen LogP contribution in [0.15, 0.2) is 41.3 Å². The zero-order chi connectivity index (χ0) is 23.3. The van der Waals surface area contributed by atoms with E-state index in [1.807, 2.05) is 12.1 Å². The maximum absolute atomic E-state index is 13.1. The van der Waals surface area contributed by atoms with Crippen molar-refractivity contribution in [3.05, 3.63) is 36.4 Å².